The van der Waals surface area contributed by atoms with Crippen molar-refractivity contribution < 1.29 is 9.53 Å². The van der Waals surface area contributed by atoms with Crippen molar-refractivity contribution in [2.24, 2.45) is 0 Å². The highest BCUT2D eigenvalue weighted by Crippen LogP contribution is 2.22. The number of rotatable bonds is 5. The van der Waals surface area contributed by atoms with E-state index in [9.17, 15) is 9.59 Å². The normalized spacial score (nSPS) is 12.2. The highest BCUT2D eigenvalue weighted by atomic mass is 32.2. The van der Waals surface area contributed by atoms with E-state index in [1.807, 2.05) is 6.92 Å². The van der Waals surface area contributed by atoms with E-state index < -0.39 is 0 Å². The second-order valence-corrected chi connectivity index (χ2v) is 4.65. The van der Waals surface area contributed by atoms with Gasteiger partial charge in [0.2, 0.25) is 0 Å². The van der Waals surface area contributed by atoms with E-state index in [0.717, 1.165) is 0 Å². The first kappa shape index (κ1) is 13.8. The van der Waals surface area contributed by atoms with Gasteiger partial charge in [-0.25, -0.2) is 4.98 Å². The maximum atomic E-state index is 11.6. The van der Waals surface area contributed by atoms with Gasteiger partial charge in [0.25, 0.3) is 5.56 Å². The molecular formula is C11H16N2O3S. The van der Waals surface area contributed by atoms with Crippen molar-refractivity contribution in [2.45, 2.75) is 37.6 Å². The molecule has 1 aromatic heterocycles. The van der Waals surface area contributed by atoms with Gasteiger partial charge in [-0.15, -0.1) is 0 Å². The maximum Gasteiger partial charge on any atom is 0.319 e. The molecule has 0 fully saturated rings. The average Bonchev–Trinajstić information content (AvgIpc) is 2.24. The van der Waals surface area contributed by atoms with Gasteiger partial charge in [-0.05, 0) is 20.3 Å². The molecule has 6 heteroatoms. The molecule has 0 amide bonds. The third-order valence-electron chi connectivity index (χ3n) is 2.02. The molecule has 1 unspecified atom stereocenters. The van der Waals surface area contributed by atoms with Crippen LogP contribution < -0.4 is 5.56 Å². The smallest absolute Gasteiger partial charge is 0.319 e. The van der Waals surface area contributed by atoms with Crippen LogP contribution in [0.25, 0.3) is 0 Å². The first-order valence-electron chi connectivity index (χ1n) is 5.48. The molecule has 1 aromatic rings. The van der Waals surface area contributed by atoms with Crippen molar-refractivity contribution in [1.29, 1.82) is 0 Å². The van der Waals surface area contributed by atoms with Gasteiger partial charge >= 0.3 is 5.97 Å². The Morgan fingerprint density at radius 1 is 1.59 bits per heavy atom. The molecule has 1 atom stereocenters. The second-order valence-electron chi connectivity index (χ2n) is 3.46. The summed E-state index contributed by atoms with van der Waals surface area (Å²) >= 11 is 1.22. The minimum absolute atomic E-state index is 0.210. The highest BCUT2D eigenvalue weighted by molar-refractivity contribution is 8.00. The van der Waals surface area contributed by atoms with Gasteiger partial charge in [-0.1, -0.05) is 18.7 Å². The molecule has 1 rings (SSSR count). The average molecular weight is 256 g/mol. The molecule has 0 saturated heterocycles. The molecule has 0 bridgehead atoms. The summed E-state index contributed by atoms with van der Waals surface area (Å²) in [5.41, 5.74) is 0.425. The van der Waals surface area contributed by atoms with Gasteiger partial charge in [-0.2, -0.15) is 0 Å². The Kier molecular flexibility index (Phi) is 5.21. The molecule has 5 nitrogen and oxygen atoms in total. The number of esters is 1. The molecule has 94 valence electrons. The third-order valence-corrected chi connectivity index (χ3v) is 3.25. The van der Waals surface area contributed by atoms with Crippen molar-refractivity contribution in [2.75, 3.05) is 6.61 Å². The molecule has 0 aromatic carbocycles. The number of aromatic amines is 1. The predicted molar refractivity (Wildman–Crippen MR) is 66.2 cm³/mol. The fourth-order valence-corrected chi connectivity index (χ4v) is 2.23. The number of thioether (sulfide) groups is 1. The zero-order chi connectivity index (χ0) is 12.8. The van der Waals surface area contributed by atoms with Gasteiger partial charge in [0.15, 0.2) is 5.16 Å². The Morgan fingerprint density at radius 2 is 2.29 bits per heavy atom. The number of ether oxygens (including phenoxy) is 1. The van der Waals surface area contributed by atoms with Crippen molar-refractivity contribution in [3.8, 4) is 0 Å². The lowest BCUT2D eigenvalue weighted by Gasteiger charge is -2.12. The van der Waals surface area contributed by atoms with Crippen LogP contribution in [-0.2, 0) is 9.53 Å². The summed E-state index contributed by atoms with van der Waals surface area (Å²) in [4.78, 5) is 29.6. The van der Waals surface area contributed by atoms with Crippen LogP contribution in [0.4, 0.5) is 0 Å². The van der Waals surface area contributed by atoms with E-state index in [-0.39, 0.29) is 16.8 Å². The molecule has 0 aliphatic rings. The van der Waals surface area contributed by atoms with Crippen molar-refractivity contribution >= 4 is 17.7 Å². The van der Waals surface area contributed by atoms with Crippen LogP contribution in [0.2, 0.25) is 0 Å². The van der Waals surface area contributed by atoms with Crippen LogP contribution in [0.1, 0.15) is 26.0 Å². The van der Waals surface area contributed by atoms with Crippen molar-refractivity contribution in [3.63, 3.8) is 0 Å². The maximum absolute atomic E-state index is 11.6. The number of nitrogens with one attached hydrogen (secondary N) is 1. The Balaban J connectivity index is 2.80. The van der Waals surface area contributed by atoms with E-state index in [1.165, 1.54) is 17.8 Å². The van der Waals surface area contributed by atoms with E-state index in [4.69, 9.17) is 4.74 Å². The van der Waals surface area contributed by atoms with Crippen molar-refractivity contribution in [3.05, 3.63) is 22.1 Å². The number of aromatic nitrogens is 2. The van der Waals surface area contributed by atoms with Gasteiger partial charge < -0.3 is 9.72 Å². The van der Waals surface area contributed by atoms with E-state index in [1.54, 1.807) is 13.8 Å². The summed E-state index contributed by atoms with van der Waals surface area (Å²) in [7, 11) is 0. The molecule has 1 N–H and O–H groups in total. The van der Waals surface area contributed by atoms with Gasteiger partial charge in [0.1, 0.15) is 5.25 Å². The summed E-state index contributed by atoms with van der Waals surface area (Å²) < 4.78 is 4.95. The monoisotopic (exact) mass is 256 g/mol. The summed E-state index contributed by atoms with van der Waals surface area (Å²) in [6, 6.07) is 1.41. The lowest BCUT2D eigenvalue weighted by molar-refractivity contribution is -0.142. The number of hydrogen-bond donors (Lipinski definition) is 1. The molecule has 1 heterocycles. The highest BCUT2D eigenvalue weighted by Gasteiger charge is 2.20. The molecule has 0 radical (unpaired) electrons. The molecule has 0 aliphatic carbocycles. The molecule has 0 spiro atoms. The Morgan fingerprint density at radius 3 is 2.82 bits per heavy atom. The number of carbonyl (C=O) groups is 1. The topological polar surface area (TPSA) is 72.0 Å². The van der Waals surface area contributed by atoms with Gasteiger partial charge in [-0.3, -0.25) is 9.59 Å². The molecular weight excluding hydrogens is 240 g/mol. The van der Waals surface area contributed by atoms with Crippen LogP contribution in [0.3, 0.4) is 0 Å². The summed E-state index contributed by atoms with van der Waals surface area (Å²) in [5, 5.41) is 0.120. The molecule has 17 heavy (non-hydrogen) atoms. The number of nitrogens with zero attached hydrogens (tertiary/aromatic N) is 1. The lowest BCUT2D eigenvalue weighted by Crippen LogP contribution is -2.20. The largest absolute Gasteiger partial charge is 0.465 e. The minimum Gasteiger partial charge on any atom is -0.465 e. The van der Waals surface area contributed by atoms with E-state index in [0.29, 0.717) is 23.9 Å². The first-order chi connectivity index (χ1) is 8.06. The lowest BCUT2D eigenvalue weighted by atomic mass is 10.3. The quantitative estimate of drug-likeness (QED) is 0.491. The number of hydrogen-bond acceptors (Lipinski definition) is 5. The number of H-pyrrole nitrogens is 1. The third kappa shape index (κ3) is 4.22. The Labute approximate surface area is 104 Å². The fourth-order valence-electron chi connectivity index (χ4n) is 1.28. The van der Waals surface area contributed by atoms with Gasteiger partial charge in [0, 0.05) is 11.8 Å². The first-order valence-corrected chi connectivity index (χ1v) is 6.36. The standard InChI is InChI=1S/C11H16N2O3S/c1-4-8(10(15)16-5-2)17-11-12-7(3)6-9(14)13-11/h6,8H,4-5H2,1-3H3,(H,12,13,14). The zero-order valence-electron chi connectivity index (χ0n) is 10.1. The second kappa shape index (κ2) is 6.44. The Hall–Kier alpha value is -1.30. The van der Waals surface area contributed by atoms with E-state index in [2.05, 4.69) is 9.97 Å². The van der Waals surface area contributed by atoms with Crippen LogP contribution in [0.5, 0.6) is 0 Å². The number of aryl methyl sites for hydroxylation is 1. The van der Waals surface area contributed by atoms with Gasteiger partial charge in [0.05, 0.1) is 6.61 Å². The van der Waals surface area contributed by atoms with Crippen LogP contribution in [0.15, 0.2) is 16.0 Å². The van der Waals surface area contributed by atoms with Crippen LogP contribution in [0, 0.1) is 6.92 Å². The zero-order valence-corrected chi connectivity index (χ0v) is 11.0. The summed E-state index contributed by atoms with van der Waals surface area (Å²) in [6.45, 7) is 5.75. The number of carbonyl (C=O) groups excluding carboxylic acids is 1. The SMILES string of the molecule is CCOC(=O)C(CC)Sc1nc(C)cc(=O)[nH]1. The molecule has 0 saturated carbocycles. The summed E-state index contributed by atoms with van der Waals surface area (Å²) in [5.74, 6) is -0.274. The predicted octanol–water partition coefficient (Wildman–Crippen LogP) is 1.51. The Bertz CT molecular complexity index is 445. The van der Waals surface area contributed by atoms with Crippen molar-refractivity contribution in [1.82, 2.24) is 9.97 Å². The fraction of sp³-hybridized carbons (Fsp3) is 0.545. The minimum atomic E-state index is -0.333. The van der Waals surface area contributed by atoms with E-state index >= 15 is 0 Å². The summed E-state index contributed by atoms with van der Waals surface area (Å²) in [6.07, 6.45) is 0.626. The van der Waals surface area contributed by atoms with Crippen LogP contribution >= 0.6 is 11.8 Å². The molecule has 0 aliphatic heterocycles. The van der Waals surface area contributed by atoms with Crippen LogP contribution in [-0.4, -0.2) is 27.8 Å².